The number of rotatable bonds is 1. The molecule has 2 heterocycles. The largest absolute Gasteiger partial charge is 0.396 e. The van der Waals surface area contributed by atoms with Gasteiger partial charge in [0.1, 0.15) is 0 Å². The van der Waals surface area contributed by atoms with E-state index in [-0.39, 0.29) is 0 Å². The van der Waals surface area contributed by atoms with Crippen LogP contribution in [0.4, 0.5) is 5.69 Å². The van der Waals surface area contributed by atoms with E-state index in [0.717, 1.165) is 21.4 Å². The summed E-state index contributed by atoms with van der Waals surface area (Å²) in [6.07, 6.45) is 3.93. The average molecular weight is 288 g/mol. The molecule has 0 fully saturated rings. The summed E-state index contributed by atoms with van der Waals surface area (Å²) in [5, 5.41) is 0. The van der Waals surface area contributed by atoms with Gasteiger partial charge in [-0.05, 0) is 22.0 Å². The zero-order valence-corrected chi connectivity index (χ0v) is 10.6. The van der Waals surface area contributed by atoms with E-state index >= 15 is 0 Å². The minimum atomic E-state index is 0.668. The van der Waals surface area contributed by atoms with E-state index < -0.39 is 0 Å². The number of imidazole rings is 1. The van der Waals surface area contributed by atoms with Crippen molar-refractivity contribution >= 4 is 27.3 Å². The van der Waals surface area contributed by atoms with Gasteiger partial charge in [-0.15, -0.1) is 0 Å². The molecule has 3 rings (SSSR count). The summed E-state index contributed by atoms with van der Waals surface area (Å²) < 4.78 is 2.88. The summed E-state index contributed by atoms with van der Waals surface area (Å²) in [5.74, 6) is 0. The van der Waals surface area contributed by atoms with E-state index in [4.69, 9.17) is 5.73 Å². The molecule has 3 nitrogen and oxygen atoms in total. The third-order valence-electron chi connectivity index (χ3n) is 2.62. The van der Waals surface area contributed by atoms with Gasteiger partial charge >= 0.3 is 0 Å². The van der Waals surface area contributed by atoms with Gasteiger partial charge in [0.25, 0.3) is 0 Å². The molecule has 17 heavy (non-hydrogen) atoms. The molecule has 0 aliphatic heterocycles. The smallest absolute Gasteiger partial charge is 0.160 e. The van der Waals surface area contributed by atoms with E-state index in [1.807, 2.05) is 53.2 Å². The highest BCUT2D eigenvalue weighted by atomic mass is 79.9. The molecular formula is C13H10BrN3. The minimum Gasteiger partial charge on any atom is -0.396 e. The molecule has 1 aromatic carbocycles. The second kappa shape index (κ2) is 3.89. The van der Waals surface area contributed by atoms with Gasteiger partial charge in [-0.1, -0.05) is 30.3 Å². The van der Waals surface area contributed by atoms with Crippen molar-refractivity contribution in [2.75, 3.05) is 5.73 Å². The lowest BCUT2D eigenvalue weighted by Crippen LogP contribution is -1.91. The van der Waals surface area contributed by atoms with Crippen molar-refractivity contribution in [1.82, 2.24) is 9.38 Å². The number of nitrogen functional groups attached to an aromatic ring is 1. The first-order valence-electron chi connectivity index (χ1n) is 5.23. The second-order valence-electron chi connectivity index (χ2n) is 3.84. The predicted octanol–water partition coefficient (Wildman–Crippen LogP) is 3.35. The van der Waals surface area contributed by atoms with Crippen LogP contribution in [0, 0.1) is 0 Å². The highest BCUT2D eigenvalue weighted by Crippen LogP contribution is 2.24. The van der Waals surface area contributed by atoms with Crippen LogP contribution in [0.1, 0.15) is 0 Å². The van der Waals surface area contributed by atoms with Gasteiger partial charge in [0, 0.05) is 22.4 Å². The molecule has 0 aliphatic rings. The maximum absolute atomic E-state index is 5.94. The summed E-state index contributed by atoms with van der Waals surface area (Å²) in [6.45, 7) is 0. The molecule has 0 amide bonds. The molecule has 84 valence electrons. The summed E-state index contributed by atoms with van der Waals surface area (Å²) >= 11 is 3.42. The first-order chi connectivity index (χ1) is 8.24. The highest BCUT2D eigenvalue weighted by molar-refractivity contribution is 9.10. The van der Waals surface area contributed by atoms with Crippen LogP contribution in [-0.2, 0) is 0 Å². The van der Waals surface area contributed by atoms with Crippen LogP contribution in [-0.4, -0.2) is 9.38 Å². The van der Waals surface area contributed by atoms with E-state index in [2.05, 4.69) is 20.9 Å². The van der Waals surface area contributed by atoms with E-state index in [1.54, 1.807) is 0 Å². The van der Waals surface area contributed by atoms with Crippen LogP contribution < -0.4 is 5.73 Å². The molecule has 4 heteroatoms. The number of hydrogen-bond donors (Lipinski definition) is 1. The number of hydrogen-bond acceptors (Lipinski definition) is 2. The zero-order valence-electron chi connectivity index (χ0n) is 8.97. The Hall–Kier alpha value is -1.81. The Balaban J connectivity index is 2.24. The standard InChI is InChI=1S/C13H10BrN3/c14-10-6-11(15)13-16-12(8-17(13)7-10)9-4-2-1-3-5-9/h1-8H,15H2. The van der Waals surface area contributed by atoms with Crippen LogP contribution >= 0.6 is 15.9 Å². The van der Waals surface area contributed by atoms with Gasteiger partial charge in [-0.3, -0.25) is 0 Å². The highest BCUT2D eigenvalue weighted by Gasteiger charge is 2.06. The van der Waals surface area contributed by atoms with Crippen LogP contribution in [0.5, 0.6) is 0 Å². The van der Waals surface area contributed by atoms with Gasteiger partial charge in [0.15, 0.2) is 5.65 Å². The number of benzene rings is 1. The average Bonchev–Trinajstić information content (AvgIpc) is 2.74. The normalized spacial score (nSPS) is 10.9. The van der Waals surface area contributed by atoms with Crippen molar-refractivity contribution < 1.29 is 0 Å². The van der Waals surface area contributed by atoms with Gasteiger partial charge in [0.2, 0.25) is 0 Å². The Morgan fingerprint density at radius 2 is 1.88 bits per heavy atom. The molecule has 2 aromatic heterocycles. The van der Waals surface area contributed by atoms with Crippen molar-refractivity contribution in [2.45, 2.75) is 0 Å². The molecule has 0 saturated carbocycles. The van der Waals surface area contributed by atoms with Gasteiger partial charge in [-0.25, -0.2) is 4.98 Å². The molecule has 0 bridgehead atoms. The zero-order chi connectivity index (χ0) is 11.8. The number of pyridine rings is 1. The van der Waals surface area contributed by atoms with Crippen LogP contribution in [0.3, 0.4) is 0 Å². The van der Waals surface area contributed by atoms with E-state index in [0.29, 0.717) is 5.69 Å². The fourth-order valence-corrected chi connectivity index (χ4v) is 2.30. The van der Waals surface area contributed by atoms with E-state index in [9.17, 15) is 0 Å². The monoisotopic (exact) mass is 287 g/mol. The topological polar surface area (TPSA) is 43.3 Å². The molecule has 0 atom stereocenters. The molecule has 0 aliphatic carbocycles. The number of fused-ring (bicyclic) bond motifs is 1. The first kappa shape index (κ1) is 10.4. The third kappa shape index (κ3) is 1.80. The number of halogens is 1. The number of anilines is 1. The van der Waals surface area contributed by atoms with Crippen molar-refractivity contribution in [3.05, 3.63) is 53.3 Å². The molecule has 0 unspecified atom stereocenters. The van der Waals surface area contributed by atoms with Crippen molar-refractivity contribution in [3.63, 3.8) is 0 Å². The lowest BCUT2D eigenvalue weighted by atomic mass is 10.2. The number of nitrogens with two attached hydrogens (primary N) is 1. The molecule has 0 radical (unpaired) electrons. The predicted molar refractivity (Wildman–Crippen MR) is 72.7 cm³/mol. The second-order valence-corrected chi connectivity index (χ2v) is 4.75. The number of nitrogens with zero attached hydrogens (tertiary/aromatic N) is 2. The van der Waals surface area contributed by atoms with Crippen LogP contribution in [0.2, 0.25) is 0 Å². The van der Waals surface area contributed by atoms with Crippen molar-refractivity contribution in [1.29, 1.82) is 0 Å². The Labute approximate surface area is 107 Å². The Bertz CT molecular complexity index is 674. The molecule has 2 N–H and O–H groups in total. The van der Waals surface area contributed by atoms with E-state index in [1.165, 1.54) is 0 Å². The van der Waals surface area contributed by atoms with Crippen molar-refractivity contribution in [3.8, 4) is 11.3 Å². The molecular weight excluding hydrogens is 278 g/mol. The fourth-order valence-electron chi connectivity index (χ4n) is 1.84. The van der Waals surface area contributed by atoms with Crippen molar-refractivity contribution in [2.24, 2.45) is 0 Å². The van der Waals surface area contributed by atoms with Gasteiger partial charge in [-0.2, -0.15) is 0 Å². The Kier molecular flexibility index (Phi) is 2.37. The summed E-state index contributed by atoms with van der Waals surface area (Å²) in [7, 11) is 0. The first-order valence-corrected chi connectivity index (χ1v) is 6.02. The molecule has 0 saturated heterocycles. The minimum absolute atomic E-state index is 0.668. The maximum atomic E-state index is 5.94. The summed E-state index contributed by atoms with van der Waals surface area (Å²) in [6, 6.07) is 11.9. The fraction of sp³-hybridized carbons (Fsp3) is 0. The van der Waals surface area contributed by atoms with Gasteiger partial charge < -0.3 is 10.1 Å². The molecule has 0 spiro atoms. The molecule has 3 aromatic rings. The Morgan fingerprint density at radius 1 is 1.12 bits per heavy atom. The lowest BCUT2D eigenvalue weighted by molar-refractivity contribution is 1.18. The summed E-state index contributed by atoms with van der Waals surface area (Å²) in [4.78, 5) is 4.54. The maximum Gasteiger partial charge on any atom is 0.160 e. The lowest BCUT2D eigenvalue weighted by Gasteiger charge is -1.97. The SMILES string of the molecule is Nc1cc(Br)cn2cc(-c3ccccc3)nc12. The number of aromatic nitrogens is 2. The quantitative estimate of drug-likeness (QED) is 0.746. The van der Waals surface area contributed by atoms with Crippen LogP contribution in [0.15, 0.2) is 53.3 Å². The Morgan fingerprint density at radius 3 is 2.65 bits per heavy atom. The third-order valence-corrected chi connectivity index (χ3v) is 3.05. The van der Waals surface area contributed by atoms with Crippen LogP contribution in [0.25, 0.3) is 16.9 Å². The summed E-state index contributed by atoms with van der Waals surface area (Å²) in [5.41, 5.74) is 9.40. The van der Waals surface area contributed by atoms with Gasteiger partial charge in [0.05, 0.1) is 11.4 Å².